The third kappa shape index (κ3) is 8.16. The van der Waals surface area contributed by atoms with Crippen LogP contribution in [0.15, 0.2) is 0 Å². The standard InChI is InChI=1S/C9H18N2O2.2C2H6/c1-2-9(13)11-5-3-10(4-6-11)7-8-12;2*1-2/h12H,2-8H2,1H3;2*1-2H3. The topological polar surface area (TPSA) is 43.8 Å². The monoisotopic (exact) mass is 246 g/mol. The molecule has 0 unspecified atom stereocenters. The van der Waals surface area contributed by atoms with E-state index in [2.05, 4.69) is 4.90 Å². The molecule has 0 radical (unpaired) electrons. The highest BCUT2D eigenvalue weighted by Gasteiger charge is 2.18. The third-order valence-corrected chi connectivity index (χ3v) is 2.44. The summed E-state index contributed by atoms with van der Waals surface area (Å²) in [7, 11) is 0. The zero-order chi connectivity index (χ0) is 13.7. The first-order chi connectivity index (χ1) is 8.27. The van der Waals surface area contributed by atoms with E-state index >= 15 is 0 Å². The van der Waals surface area contributed by atoms with Crippen LogP contribution in [0.5, 0.6) is 0 Å². The molecule has 4 nitrogen and oxygen atoms in total. The van der Waals surface area contributed by atoms with Crippen LogP contribution in [0.2, 0.25) is 0 Å². The molecule has 0 aromatic carbocycles. The number of amides is 1. The largest absolute Gasteiger partial charge is 0.395 e. The van der Waals surface area contributed by atoms with Gasteiger partial charge in [0, 0.05) is 39.1 Å². The Morgan fingerprint density at radius 2 is 1.53 bits per heavy atom. The van der Waals surface area contributed by atoms with Crippen molar-refractivity contribution in [3.8, 4) is 0 Å². The third-order valence-electron chi connectivity index (χ3n) is 2.44. The van der Waals surface area contributed by atoms with Gasteiger partial charge >= 0.3 is 0 Å². The van der Waals surface area contributed by atoms with Crippen molar-refractivity contribution < 1.29 is 9.90 Å². The normalized spacial score (nSPS) is 15.3. The summed E-state index contributed by atoms with van der Waals surface area (Å²) in [6.45, 7) is 14.2. The highest BCUT2D eigenvalue weighted by Crippen LogP contribution is 2.02. The van der Waals surface area contributed by atoms with Gasteiger partial charge in [-0.25, -0.2) is 0 Å². The Morgan fingerprint density at radius 1 is 1.06 bits per heavy atom. The number of nitrogens with zero attached hydrogens (tertiary/aromatic N) is 2. The maximum Gasteiger partial charge on any atom is 0.222 e. The fourth-order valence-corrected chi connectivity index (χ4v) is 1.59. The molecule has 17 heavy (non-hydrogen) atoms. The second kappa shape index (κ2) is 13.5. The Labute approximate surface area is 107 Å². The van der Waals surface area contributed by atoms with Crippen LogP contribution in [0.25, 0.3) is 0 Å². The van der Waals surface area contributed by atoms with E-state index in [1.54, 1.807) is 0 Å². The van der Waals surface area contributed by atoms with Gasteiger partial charge in [-0.3, -0.25) is 9.69 Å². The smallest absolute Gasteiger partial charge is 0.222 e. The highest BCUT2D eigenvalue weighted by molar-refractivity contribution is 5.75. The minimum absolute atomic E-state index is 0.210. The van der Waals surface area contributed by atoms with E-state index in [1.807, 2.05) is 39.5 Å². The molecule has 4 heteroatoms. The minimum atomic E-state index is 0.210. The maximum absolute atomic E-state index is 11.3. The number of rotatable bonds is 3. The molecule has 0 aliphatic carbocycles. The van der Waals surface area contributed by atoms with Crippen molar-refractivity contribution in [3.05, 3.63) is 0 Å². The van der Waals surface area contributed by atoms with Crippen LogP contribution in [0.1, 0.15) is 41.0 Å². The second-order valence-corrected chi connectivity index (χ2v) is 3.30. The van der Waals surface area contributed by atoms with Gasteiger partial charge in [0.15, 0.2) is 0 Å². The van der Waals surface area contributed by atoms with Gasteiger partial charge in [-0.1, -0.05) is 34.6 Å². The summed E-state index contributed by atoms with van der Waals surface area (Å²) < 4.78 is 0. The second-order valence-electron chi connectivity index (χ2n) is 3.30. The van der Waals surface area contributed by atoms with Crippen LogP contribution in [0.3, 0.4) is 0 Å². The van der Waals surface area contributed by atoms with Gasteiger partial charge in [-0.05, 0) is 0 Å². The molecule has 1 saturated heterocycles. The lowest BCUT2D eigenvalue weighted by molar-refractivity contribution is -0.132. The van der Waals surface area contributed by atoms with E-state index in [9.17, 15) is 4.79 Å². The van der Waals surface area contributed by atoms with E-state index in [0.717, 1.165) is 32.7 Å². The number of carbonyl (C=O) groups excluding carboxylic acids is 1. The molecule has 1 aliphatic rings. The molecule has 1 amide bonds. The number of hydrogen-bond acceptors (Lipinski definition) is 3. The number of piperazine rings is 1. The molecule has 1 aliphatic heterocycles. The van der Waals surface area contributed by atoms with Crippen LogP contribution in [-0.4, -0.2) is 60.1 Å². The number of aliphatic hydroxyl groups is 1. The highest BCUT2D eigenvalue weighted by atomic mass is 16.3. The van der Waals surface area contributed by atoms with Gasteiger partial charge in [0.1, 0.15) is 0 Å². The SMILES string of the molecule is CC.CC.CCC(=O)N1CCN(CCO)CC1. The van der Waals surface area contributed by atoms with E-state index < -0.39 is 0 Å². The first-order valence-electron chi connectivity index (χ1n) is 6.89. The zero-order valence-electron chi connectivity index (χ0n) is 12.2. The molecule has 0 atom stereocenters. The average molecular weight is 246 g/mol. The summed E-state index contributed by atoms with van der Waals surface area (Å²) in [5, 5.41) is 8.72. The molecule has 1 fully saturated rings. The van der Waals surface area contributed by atoms with E-state index in [4.69, 9.17) is 5.11 Å². The average Bonchev–Trinajstić information content (AvgIpc) is 2.43. The molecular weight excluding hydrogens is 216 g/mol. The van der Waals surface area contributed by atoms with Crippen LogP contribution >= 0.6 is 0 Å². The molecular formula is C13H30N2O2. The van der Waals surface area contributed by atoms with E-state index in [0.29, 0.717) is 6.42 Å². The lowest BCUT2D eigenvalue weighted by Gasteiger charge is -2.34. The molecule has 0 bridgehead atoms. The molecule has 0 aromatic heterocycles. The van der Waals surface area contributed by atoms with Gasteiger partial charge < -0.3 is 10.0 Å². The maximum atomic E-state index is 11.3. The summed E-state index contributed by atoms with van der Waals surface area (Å²) >= 11 is 0. The molecule has 1 heterocycles. The van der Waals surface area contributed by atoms with Gasteiger partial charge in [-0.2, -0.15) is 0 Å². The van der Waals surface area contributed by atoms with Crippen LogP contribution < -0.4 is 0 Å². The number of β-amino-alcohol motifs (C(OH)–C–C–N with tert-alkyl or cyclic N) is 1. The van der Waals surface area contributed by atoms with Crippen molar-refractivity contribution in [1.82, 2.24) is 9.80 Å². The van der Waals surface area contributed by atoms with Gasteiger partial charge in [0.2, 0.25) is 5.91 Å². The zero-order valence-corrected chi connectivity index (χ0v) is 12.2. The van der Waals surface area contributed by atoms with E-state index in [1.165, 1.54) is 0 Å². The first kappa shape index (κ1) is 18.7. The molecule has 1 rings (SSSR count). The fourth-order valence-electron chi connectivity index (χ4n) is 1.59. The summed E-state index contributed by atoms with van der Waals surface area (Å²) in [4.78, 5) is 15.4. The van der Waals surface area contributed by atoms with Crippen molar-refractivity contribution in [1.29, 1.82) is 0 Å². The molecule has 0 saturated carbocycles. The molecule has 0 aromatic rings. The lowest BCUT2D eigenvalue weighted by atomic mass is 10.3. The predicted octanol–water partition coefficient (Wildman–Crippen LogP) is 1.59. The van der Waals surface area contributed by atoms with Crippen molar-refractivity contribution in [2.75, 3.05) is 39.3 Å². The summed E-state index contributed by atoms with van der Waals surface area (Å²) in [5.74, 6) is 0.239. The quantitative estimate of drug-likeness (QED) is 0.822. The van der Waals surface area contributed by atoms with Gasteiger partial charge in [0.05, 0.1) is 6.61 Å². The van der Waals surface area contributed by atoms with Gasteiger partial charge in [-0.15, -0.1) is 0 Å². The van der Waals surface area contributed by atoms with Crippen molar-refractivity contribution >= 4 is 5.91 Å². The van der Waals surface area contributed by atoms with Crippen molar-refractivity contribution in [2.45, 2.75) is 41.0 Å². The molecule has 0 spiro atoms. The summed E-state index contributed by atoms with van der Waals surface area (Å²) in [6, 6.07) is 0. The minimum Gasteiger partial charge on any atom is -0.395 e. The van der Waals surface area contributed by atoms with Crippen LogP contribution in [0.4, 0.5) is 0 Å². The Bertz CT molecular complexity index is 167. The summed E-state index contributed by atoms with van der Waals surface area (Å²) in [6.07, 6.45) is 0.597. The molecule has 104 valence electrons. The van der Waals surface area contributed by atoms with E-state index in [-0.39, 0.29) is 12.5 Å². The summed E-state index contributed by atoms with van der Waals surface area (Å²) in [5.41, 5.74) is 0. The first-order valence-corrected chi connectivity index (χ1v) is 6.89. The van der Waals surface area contributed by atoms with Crippen LogP contribution in [0, 0.1) is 0 Å². The lowest BCUT2D eigenvalue weighted by Crippen LogP contribution is -2.49. The Balaban J connectivity index is 0. The Morgan fingerprint density at radius 3 is 1.88 bits per heavy atom. The van der Waals surface area contributed by atoms with Crippen molar-refractivity contribution in [3.63, 3.8) is 0 Å². The predicted molar refractivity (Wildman–Crippen MR) is 73.1 cm³/mol. The number of carbonyl (C=O) groups is 1. The fraction of sp³-hybridized carbons (Fsp3) is 0.923. The van der Waals surface area contributed by atoms with Crippen molar-refractivity contribution in [2.24, 2.45) is 0 Å². The Hall–Kier alpha value is -0.610. The Kier molecular flexibility index (Phi) is 14.8. The number of hydrogen-bond donors (Lipinski definition) is 1. The van der Waals surface area contributed by atoms with Gasteiger partial charge in [0.25, 0.3) is 0 Å². The number of aliphatic hydroxyl groups excluding tert-OH is 1. The molecule has 1 N–H and O–H groups in total. The van der Waals surface area contributed by atoms with Crippen LogP contribution in [-0.2, 0) is 4.79 Å².